The summed E-state index contributed by atoms with van der Waals surface area (Å²) in [6.45, 7) is 0. The first-order chi connectivity index (χ1) is 9.22. The summed E-state index contributed by atoms with van der Waals surface area (Å²) >= 11 is 5.85. The van der Waals surface area contributed by atoms with Crippen molar-refractivity contribution in [2.24, 2.45) is 0 Å². The highest BCUT2D eigenvalue weighted by atomic mass is 35.5. The largest absolute Gasteiger partial charge is 0.508 e. The number of hydrogen-bond donors (Lipinski definition) is 2. The molecule has 0 aliphatic rings. The number of phenolic OH excluding ortho intramolecular Hbond substituents is 1. The van der Waals surface area contributed by atoms with Gasteiger partial charge in [-0.15, -0.1) is 0 Å². The molecular formula is C14H10ClN3O. The van der Waals surface area contributed by atoms with Crippen molar-refractivity contribution >= 4 is 11.6 Å². The molecule has 4 nitrogen and oxygen atoms in total. The van der Waals surface area contributed by atoms with Gasteiger partial charge in [0.05, 0.1) is 0 Å². The van der Waals surface area contributed by atoms with Crippen molar-refractivity contribution in [3.63, 3.8) is 0 Å². The Labute approximate surface area is 114 Å². The molecule has 0 spiro atoms. The number of phenols is 1. The van der Waals surface area contributed by atoms with Gasteiger partial charge in [0.15, 0.2) is 11.6 Å². The smallest absolute Gasteiger partial charge is 0.181 e. The van der Waals surface area contributed by atoms with E-state index in [-0.39, 0.29) is 5.75 Å². The van der Waals surface area contributed by atoms with Gasteiger partial charge in [-0.1, -0.05) is 11.6 Å². The van der Waals surface area contributed by atoms with Crippen LogP contribution in [-0.2, 0) is 0 Å². The maximum absolute atomic E-state index is 9.25. The molecule has 2 N–H and O–H groups in total. The minimum atomic E-state index is 0.220. The molecule has 0 aliphatic heterocycles. The average molecular weight is 272 g/mol. The highest BCUT2D eigenvalue weighted by molar-refractivity contribution is 6.30. The molecule has 0 atom stereocenters. The number of nitrogens with one attached hydrogen (secondary N) is 1. The van der Waals surface area contributed by atoms with E-state index in [2.05, 4.69) is 15.2 Å². The van der Waals surface area contributed by atoms with E-state index < -0.39 is 0 Å². The molecule has 0 saturated heterocycles. The predicted octanol–water partition coefficient (Wildman–Crippen LogP) is 3.50. The van der Waals surface area contributed by atoms with Gasteiger partial charge in [-0.3, -0.25) is 5.10 Å². The van der Waals surface area contributed by atoms with Gasteiger partial charge in [-0.05, 0) is 48.5 Å². The van der Waals surface area contributed by atoms with E-state index in [4.69, 9.17) is 11.6 Å². The van der Waals surface area contributed by atoms with Gasteiger partial charge in [-0.2, -0.15) is 5.10 Å². The molecule has 94 valence electrons. The average Bonchev–Trinajstić information content (AvgIpc) is 2.90. The Balaban J connectivity index is 1.95. The van der Waals surface area contributed by atoms with Crippen LogP contribution in [0.5, 0.6) is 5.75 Å². The van der Waals surface area contributed by atoms with Crippen LogP contribution < -0.4 is 0 Å². The summed E-state index contributed by atoms with van der Waals surface area (Å²) in [5.41, 5.74) is 1.76. The standard InChI is InChI=1S/C14H10ClN3O/c15-11-5-1-9(2-6-11)13-16-14(18-17-13)10-3-7-12(19)8-4-10/h1-8,19H,(H,16,17,18). The van der Waals surface area contributed by atoms with Crippen molar-refractivity contribution in [2.45, 2.75) is 0 Å². The van der Waals surface area contributed by atoms with Gasteiger partial charge in [0.1, 0.15) is 5.75 Å². The topological polar surface area (TPSA) is 61.8 Å². The third-order valence-electron chi connectivity index (χ3n) is 2.73. The number of halogens is 1. The summed E-state index contributed by atoms with van der Waals surface area (Å²) in [7, 11) is 0. The molecule has 0 amide bonds. The second kappa shape index (κ2) is 4.74. The van der Waals surface area contributed by atoms with E-state index in [1.165, 1.54) is 0 Å². The predicted molar refractivity (Wildman–Crippen MR) is 73.9 cm³/mol. The molecule has 5 heteroatoms. The van der Waals surface area contributed by atoms with Crippen molar-refractivity contribution in [3.8, 4) is 28.5 Å². The summed E-state index contributed by atoms with van der Waals surface area (Å²) in [6.07, 6.45) is 0. The van der Waals surface area contributed by atoms with Crippen LogP contribution in [0, 0.1) is 0 Å². The Morgan fingerprint density at radius 1 is 0.895 bits per heavy atom. The maximum Gasteiger partial charge on any atom is 0.181 e. The monoisotopic (exact) mass is 271 g/mol. The Morgan fingerprint density at radius 3 is 2.21 bits per heavy atom. The van der Waals surface area contributed by atoms with Gasteiger partial charge < -0.3 is 5.11 Å². The van der Waals surface area contributed by atoms with E-state index >= 15 is 0 Å². The lowest BCUT2D eigenvalue weighted by Gasteiger charge is -1.96. The van der Waals surface area contributed by atoms with E-state index in [0.29, 0.717) is 16.7 Å². The second-order valence-corrected chi connectivity index (χ2v) is 4.50. The summed E-state index contributed by atoms with van der Waals surface area (Å²) in [6, 6.07) is 14.1. The van der Waals surface area contributed by atoms with Gasteiger partial charge in [0.2, 0.25) is 0 Å². The van der Waals surface area contributed by atoms with Crippen LogP contribution in [0.25, 0.3) is 22.8 Å². The van der Waals surface area contributed by atoms with Crippen molar-refractivity contribution in [2.75, 3.05) is 0 Å². The maximum atomic E-state index is 9.25. The van der Waals surface area contributed by atoms with Crippen molar-refractivity contribution in [1.82, 2.24) is 15.2 Å². The Bertz CT molecular complexity index is 629. The highest BCUT2D eigenvalue weighted by Gasteiger charge is 2.07. The summed E-state index contributed by atoms with van der Waals surface area (Å²) < 4.78 is 0. The molecule has 2 aromatic carbocycles. The molecule has 0 saturated carbocycles. The number of benzene rings is 2. The fourth-order valence-corrected chi connectivity index (χ4v) is 1.86. The lowest BCUT2D eigenvalue weighted by atomic mass is 10.2. The van der Waals surface area contributed by atoms with E-state index in [1.54, 1.807) is 36.4 Å². The molecule has 0 aliphatic carbocycles. The molecule has 0 fully saturated rings. The zero-order valence-electron chi connectivity index (χ0n) is 9.84. The number of rotatable bonds is 2. The molecular weight excluding hydrogens is 262 g/mol. The zero-order valence-corrected chi connectivity index (χ0v) is 10.6. The molecule has 1 heterocycles. The third kappa shape index (κ3) is 2.44. The number of hydrogen-bond acceptors (Lipinski definition) is 3. The van der Waals surface area contributed by atoms with Crippen LogP contribution in [0.4, 0.5) is 0 Å². The van der Waals surface area contributed by atoms with E-state index in [1.807, 2.05) is 12.1 Å². The summed E-state index contributed by atoms with van der Waals surface area (Å²) in [5, 5.41) is 17.0. The molecule has 19 heavy (non-hydrogen) atoms. The summed E-state index contributed by atoms with van der Waals surface area (Å²) in [4.78, 5) is 4.42. The van der Waals surface area contributed by atoms with E-state index in [9.17, 15) is 5.11 Å². The fraction of sp³-hybridized carbons (Fsp3) is 0. The molecule has 0 unspecified atom stereocenters. The van der Waals surface area contributed by atoms with Crippen LogP contribution in [-0.4, -0.2) is 20.3 Å². The van der Waals surface area contributed by atoms with Crippen LogP contribution in [0.1, 0.15) is 0 Å². The molecule has 3 aromatic rings. The lowest BCUT2D eigenvalue weighted by Crippen LogP contribution is -1.81. The van der Waals surface area contributed by atoms with Gasteiger partial charge >= 0.3 is 0 Å². The van der Waals surface area contributed by atoms with Crippen LogP contribution in [0.15, 0.2) is 48.5 Å². The van der Waals surface area contributed by atoms with Gasteiger partial charge in [-0.25, -0.2) is 4.98 Å². The first-order valence-corrected chi connectivity index (χ1v) is 6.08. The van der Waals surface area contributed by atoms with Gasteiger partial charge in [0.25, 0.3) is 0 Å². The minimum Gasteiger partial charge on any atom is -0.508 e. The van der Waals surface area contributed by atoms with Crippen LogP contribution >= 0.6 is 11.6 Å². The Kier molecular flexibility index (Phi) is 2.93. The van der Waals surface area contributed by atoms with Crippen molar-refractivity contribution in [1.29, 1.82) is 0 Å². The SMILES string of the molecule is Oc1ccc(-c2n[nH]c(-c3ccc(Cl)cc3)n2)cc1. The number of aromatic hydroxyl groups is 1. The van der Waals surface area contributed by atoms with Crippen molar-refractivity contribution < 1.29 is 5.11 Å². The molecule has 0 bridgehead atoms. The highest BCUT2D eigenvalue weighted by Crippen LogP contribution is 2.22. The lowest BCUT2D eigenvalue weighted by molar-refractivity contribution is 0.475. The normalized spacial score (nSPS) is 10.6. The Morgan fingerprint density at radius 2 is 1.53 bits per heavy atom. The molecule has 1 aromatic heterocycles. The van der Waals surface area contributed by atoms with Crippen molar-refractivity contribution in [3.05, 3.63) is 53.6 Å². The number of aromatic nitrogens is 3. The fourth-order valence-electron chi connectivity index (χ4n) is 1.74. The van der Waals surface area contributed by atoms with Gasteiger partial charge in [0, 0.05) is 16.1 Å². The number of aromatic amines is 1. The molecule has 0 radical (unpaired) electrons. The zero-order chi connectivity index (χ0) is 13.2. The first kappa shape index (κ1) is 11.7. The number of nitrogens with zero attached hydrogens (tertiary/aromatic N) is 2. The second-order valence-electron chi connectivity index (χ2n) is 4.06. The van der Waals surface area contributed by atoms with E-state index in [0.717, 1.165) is 11.1 Å². The summed E-state index contributed by atoms with van der Waals surface area (Å²) in [5.74, 6) is 1.49. The third-order valence-corrected chi connectivity index (χ3v) is 2.98. The van der Waals surface area contributed by atoms with Crippen LogP contribution in [0.3, 0.4) is 0 Å². The quantitative estimate of drug-likeness (QED) is 0.750. The van der Waals surface area contributed by atoms with Crippen LogP contribution in [0.2, 0.25) is 5.02 Å². The first-order valence-electron chi connectivity index (χ1n) is 5.70. The molecule has 3 rings (SSSR count). The Hall–Kier alpha value is -2.33. The minimum absolute atomic E-state index is 0.220. The number of H-pyrrole nitrogens is 1.